The second kappa shape index (κ2) is 5.97. The lowest BCUT2D eigenvalue weighted by Gasteiger charge is -2.26. The zero-order valence-electron chi connectivity index (χ0n) is 8.68. The quantitative estimate of drug-likeness (QED) is 0.635. The number of hydrogen-bond donors (Lipinski definition) is 2. The fourth-order valence-corrected chi connectivity index (χ4v) is 1.66. The summed E-state index contributed by atoms with van der Waals surface area (Å²) >= 11 is 0. The molecular weight excluding hydrogens is 166 g/mol. The van der Waals surface area contributed by atoms with Crippen molar-refractivity contribution in [2.45, 2.75) is 58.0 Å². The third kappa shape index (κ3) is 5.64. The number of primary amides is 1. The summed E-state index contributed by atoms with van der Waals surface area (Å²) in [6, 6.07) is 0. The molecule has 3 N–H and O–H groups in total. The number of carbonyl (C=O) groups excluding carboxylic acids is 1. The molecule has 0 saturated carbocycles. The first-order chi connectivity index (χ1) is 6.04. The van der Waals surface area contributed by atoms with Crippen LogP contribution in [-0.2, 0) is 4.79 Å². The zero-order valence-corrected chi connectivity index (χ0v) is 8.68. The van der Waals surface area contributed by atoms with Gasteiger partial charge in [0.1, 0.15) is 0 Å². The van der Waals surface area contributed by atoms with E-state index < -0.39 is 5.60 Å². The van der Waals surface area contributed by atoms with Crippen LogP contribution in [0, 0.1) is 0 Å². The predicted octanol–water partition coefficient (Wildman–Crippen LogP) is 1.58. The van der Waals surface area contributed by atoms with Crippen LogP contribution in [0.15, 0.2) is 0 Å². The average molecular weight is 187 g/mol. The van der Waals surface area contributed by atoms with Gasteiger partial charge in [-0.05, 0) is 19.3 Å². The van der Waals surface area contributed by atoms with Gasteiger partial charge in [0.05, 0.1) is 5.60 Å². The van der Waals surface area contributed by atoms with Gasteiger partial charge in [-0.1, -0.05) is 26.7 Å². The van der Waals surface area contributed by atoms with Crippen molar-refractivity contribution in [1.82, 2.24) is 0 Å². The summed E-state index contributed by atoms with van der Waals surface area (Å²) in [6.07, 6.45) is 4.19. The summed E-state index contributed by atoms with van der Waals surface area (Å²) in [5.74, 6) is -0.328. The summed E-state index contributed by atoms with van der Waals surface area (Å²) in [7, 11) is 0. The van der Waals surface area contributed by atoms with Crippen molar-refractivity contribution < 1.29 is 9.90 Å². The first-order valence-corrected chi connectivity index (χ1v) is 5.04. The van der Waals surface area contributed by atoms with Gasteiger partial charge < -0.3 is 10.8 Å². The Kier molecular flexibility index (Phi) is 5.71. The second-order valence-corrected chi connectivity index (χ2v) is 3.69. The lowest BCUT2D eigenvalue weighted by Crippen LogP contribution is -2.30. The molecule has 0 atom stereocenters. The van der Waals surface area contributed by atoms with E-state index in [1.54, 1.807) is 0 Å². The minimum Gasteiger partial charge on any atom is -0.390 e. The zero-order chi connectivity index (χ0) is 10.3. The van der Waals surface area contributed by atoms with Gasteiger partial charge in [-0.25, -0.2) is 0 Å². The lowest BCUT2D eigenvalue weighted by atomic mass is 9.88. The smallest absolute Gasteiger partial charge is 0.217 e. The molecule has 0 aliphatic heterocycles. The van der Waals surface area contributed by atoms with Crippen molar-refractivity contribution in [3.63, 3.8) is 0 Å². The van der Waals surface area contributed by atoms with Gasteiger partial charge >= 0.3 is 0 Å². The summed E-state index contributed by atoms with van der Waals surface area (Å²) in [5.41, 5.74) is 4.37. The van der Waals surface area contributed by atoms with Crippen LogP contribution in [0.5, 0.6) is 0 Å². The highest BCUT2D eigenvalue weighted by molar-refractivity contribution is 5.73. The van der Waals surface area contributed by atoms with E-state index in [0.29, 0.717) is 6.42 Å². The molecule has 0 heterocycles. The monoisotopic (exact) mass is 187 g/mol. The van der Waals surface area contributed by atoms with E-state index in [2.05, 4.69) is 0 Å². The summed E-state index contributed by atoms with van der Waals surface area (Å²) in [4.78, 5) is 10.6. The number of aliphatic hydroxyl groups is 1. The van der Waals surface area contributed by atoms with E-state index in [1.165, 1.54) is 0 Å². The fraction of sp³-hybridized carbons (Fsp3) is 0.900. The van der Waals surface area contributed by atoms with E-state index in [9.17, 15) is 9.90 Å². The van der Waals surface area contributed by atoms with Crippen LogP contribution in [0.4, 0.5) is 0 Å². The number of nitrogens with two attached hydrogens (primary N) is 1. The molecule has 0 saturated heterocycles. The Morgan fingerprint density at radius 3 is 2.00 bits per heavy atom. The molecule has 1 amide bonds. The Morgan fingerprint density at radius 2 is 1.69 bits per heavy atom. The molecule has 0 bridgehead atoms. The fourth-order valence-electron chi connectivity index (χ4n) is 1.66. The molecule has 0 aromatic heterocycles. The van der Waals surface area contributed by atoms with Crippen molar-refractivity contribution in [3.8, 4) is 0 Å². The average Bonchev–Trinajstić information content (AvgIpc) is 2.02. The van der Waals surface area contributed by atoms with Crippen LogP contribution in [0.25, 0.3) is 0 Å². The van der Waals surface area contributed by atoms with E-state index in [1.807, 2.05) is 13.8 Å². The van der Waals surface area contributed by atoms with Crippen LogP contribution in [-0.4, -0.2) is 16.6 Å². The molecule has 78 valence electrons. The highest BCUT2D eigenvalue weighted by atomic mass is 16.3. The molecule has 0 aromatic rings. The molecular formula is C10H21NO2. The van der Waals surface area contributed by atoms with Gasteiger partial charge in [-0.3, -0.25) is 4.79 Å². The highest BCUT2D eigenvalue weighted by Crippen LogP contribution is 2.24. The van der Waals surface area contributed by atoms with Crippen molar-refractivity contribution in [2.24, 2.45) is 5.73 Å². The largest absolute Gasteiger partial charge is 0.390 e. The van der Waals surface area contributed by atoms with Crippen molar-refractivity contribution in [3.05, 3.63) is 0 Å². The maximum atomic E-state index is 10.6. The van der Waals surface area contributed by atoms with Crippen LogP contribution >= 0.6 is 0 Å². The number of amides is 1. The van der Waals surface area contributed by atoms with E-state index in [0.717, 1.165) is 25.7 Å². The third-order valence-corrected chi connectivity index (χ3v) is 2.27. The van der Waals surface area contributed by atoms with Gasteiger partial charge in [0.15, 0.2) is 0 Å². The van der Waals surface area contributed by atoms with Gasteiger partial charge in [-0.2, -0.15) is 0 Å². The third-order valence-electron chi connectivity index (χ3n) is 2.27. The second-order valence-electron chi connectivity index (χ2n) is 3.69. The van der Waals surface area contributed by atoms with Crippen LogP contribution in [0.2, 0.25) is 0 Å². The van der Waals surface area contributed by atoms with Crippen molar-refractivity contribution in [2.75, 3.05) is 0 Å². The SMILES string of the molecule is CCCC(O)(CCC)CCC(N)=O. The first-order valence-electron chi connectivity index (χ1n) is 5.04. The van der Waals surface area contributed by atoms with Crippen LogP contribution in [0.1, 0.15) is 52.4 Å². The van der Waals surface area contributed by atoms with Gasteiger partial charge in [0.2, 0.25) is 5.91 Å². The normalized spacial score (nSPS) is 11.6. The molecule has 0 aromatic carbocycles. The standard InChI is InChI=1S/C10H21NO2/c1-3-6-10(13,7-4-2)8-5-9(11)12/h13H,3-8H2,1-2H3,(H2,11,12). The molecule has 0 radical (unpaired) electrons. The Labute approximate surface area is 80.3 Å². The Balaban J connectivity index is 3.98. The molecule has 0 unspecified atom stereocenters. The molecule has 3 heteroatoms. The minimum atomic E-state index is -0.668. The Morgan fingerprint density at radius 1 is 1.23 bits per heavy atom. The molecule has 0 fully saturated rings. The van der Waals surface area contributed by atoms with E-state index in [4.69, 9.17) is 5.73 Å². The Hall–Kier alpha value is -0.570. The van der Waals surface area contributed by atoms with Crippen molar-refractivity contribution in [1.29, 1.82) is 0 Å². The Bertz CT molecular complexity index is 151. The maximum absolute atomic E-state index is 10.6. The number of rotatable bonds is 7. The van der Waals surface area contributed by atoms with Gasteiger partial charge in [0, 0.05) is 6.42 Å². The van der Waals surface area contributed by atoms with Gasteiger partial charge in [0.25, 0.3) is 0 Å². The molecule has 13 heavy (non-hydrogen) atoms. The first kappa shape index (κ1) is 12.4. The lowest BCUT2D eigenvalue weighted by molar-refractivity contribution is -0.119. The van der Waals surface area contributed by atoms with E-state index in [-0.39, 0.29) is 12.3 Å². The molecule has 0 spiro atoms. The van der Waals surface area contributed by atoms with Gasteiger partial charge in [-0.15, -0.1) is 0 Å². The van der Waals surface area contributed by atoms with Crippen molar-refractivity contribution >= 4 is 5.91 Å². The molecule has 3 nitrogen and oxygen atoms in total. The number of carbonyl (C=O) groups is 1. The summed E-state index contributed by atoms with van der Waals surface area (Å²) in [6.45, 7) is 4.07. The number of hydrogen-bond acceptors (Lipinski definition) is 2. The van der Waals surface area contributed by atoms with Crippen LogP contribution < -0.4 is 5.73 Å². The maximum Gasteiger partial charge on any atom is 0.217 e. The van der Waals surface area contributed by atoms with E-state index >= 15 is 0 Å². The summed E-state index contributed by atoms with van der Waals surface area (Å²) in [5, 5.41) is 10.1. The summed E-state index contributed by atoms with van der Waals surface area (Å²) < 4.78 is 0. The predicted molar refractivity (Wildman–Crippen MR) is 53.2 cm³/mol. The highest BCUT2D eigenvalue weighted by Gasteiger charge is 2.24. The molecule has 0 rings (SSSR count). The minimum absolute atomic E-state index is 0.288. The van der Waals surface area contributed by atoms with Crippen LogP contribution in [0.3, 0.4) is 0 Å². The molecule has 0 aliphatic rings. The topological polar surface area (TPSA) is 63.3 Å². The molecule has 0 aliphatic carbocycles.